The van der Waals surface area contributed by atoms with E-state index in [1.165, 1.54) is 13.1 Å². The third-order valence-electron chi connectivity index (χ3n) is 3.84. The molecule has 1 aliphatic carbocycles. The molecule has 1 aromatic carbocycles. The Balaban J connectivity index is 2.53. The molecule has 4 nitrogen and oxygen atoms in total. The minimum Gasteiger partial charge on any atom is -0.396 e. The van der Waals surface area contributed by atoms with Crippen LogP contribution in [0, 0.1) is 17.1 Å². The summed E-state index contributed by atoms with van der Waals surface area (Å²) in [5.74, 6) is -1.26. The van der Waals surface area contributed by atoms with Crippen LogP contribution in [-0.2, 0) is 5.41 Å². The largest absolute Gasteiger partial charge is 0.396 e. The van der Waals surface area contributed by atoms with E-state index in [0.717, 1.165) is 12.8 Å². The minimum absolute atomic E-state index is 0.0791. The quantitative estimate of drug-likeness (QED) is 0.800. The second-order valence-corrected chi connectivity index (χ2v) is 4.87. The van der Waals surface area contributed by atoms with E-state index < -0.39 is 17.1 Å². The molecule has 100 valence electrons. The molecule has 19 heavy (non-hydrogen) atoms. The summed E-state index contributed by atoms with van der Waals surface area (Å²) in [5, 5.41) is 11.8. The number of benzene rings is 1. The number of amides is 1. The van der Waals surface area contributed by atoms with Crippen LogP contribution >= 0.6 is 0 Å². The molecule has 0 spiro atoms. The molecular formula is C14H16FN3O. The predicted octanol–water partition coefficient (Wildman–Crippen LogP) is 2.10. The molecule has 1 aromatic rings. The molecule has 0 radical (unpaired) electrons. The lowest BCUT2D eigenvalue weighted by Crippen LogP contribution is -2.24. The maximum Gasteiger partial charge on any atom is 0.254 e. The second-order valence-electron chi connectivity index (χ2n) is 4.87. The van der Waals surface area contributed by atoms with Crippen LogP contribution in [0.15, 0.2) is 12.1 Å². The van der Waals surface area contributed by atoms with Crippen molar-refractivity contribution in [2.75, 3.05) is 12.8 Å². The first-order valence-corrected chi connectivity index (χ1v) is 6.27. The Labute approximate surface area is 111 Å². The van der Waals surface area contributed by atoms with Crippen LogP contribution < -0.4 is 11.1 Å². The molecule has 1 saturated carbocycles. The second kappa shape index (κ2) is 4.88. The summed E-state index contributed by atoms with van der Waals surface area (Å²) in [6.45, 7) is 0. The Hall–Kier alpha value is -2.09. The molecule has 0 bridgehead atoms. The van der Waals surface area contributed by atoms with E-state index in [2.05, 4.69) is 11.4 Å². The fourth-order valence-electron chi connectivity index (χ4n) is 2.74. The molecule has 0 atom stereocenters. The van der Waals surface area contributed by atoms with Gasteiger partial charge >= 0.3 is 0 Å². The van der Waals surface area contributed by atoms with Crippen LogP contribution in [0.5, 0.6) is 0 Å². The third-order valence-corrected chi connectivity index (χ3v) is 3.84. The number of hydrogen-bond donors (Lipinski definition) is 2. The standard InChI is InChI=1S/C14H16FN3O/c1-18-13(19)9-4-5-10(12(17)11(9)15)14(8-16)6-2-3-7-14/h4-5H,2-3,6-7,17H2,1H3,(H,18,19). The van der Waals surface area contributed by atoms with Crippen molar-refractivity contribution in [3.63, 3.8) is 0 Å². The summed E-state index contributed by atoms with van der Waals surface area (Å²) < 4.78 is 14.2. The SMILES string of the molecule is CNC(=O)c1ccc(C2(C#N)CCCC2)c(N)c1F. The van der Waals surface area contributed by atoms with Crippen LogP contribution in [0.3, 0.4) is 0 Å². The summed E-state index contributed by atoms with van der Waals surface area (Å²) >= 11 is 0. The normalized spacial score (nSPS) is 16.9. The zero-order valence-corrected chi connectivity index (χ0v) is 10.8. The van der Waals surface area contributed by atoms with E-state index in [9.17, 15) is 14.4 Å². The summed E-state index contributed by atoms with van der Waals surface area (Å²) in [5.41, 5.74) is 5.45. The van der Waals surface area contributed by atoms with E-state index in [4.69, 9.17) is 5.73 Å². The number of carbonyl (C=O) groups is 1. The van der Waals surface area contributed by atoms with Crippen LogP contribution in [0.2, 0.25) is 0 Å². The van der Waals surface area contributed by atoms with Gasteiger partial charge in [0.1, 0.15) is 0 Å². The van der Waals surface area contributed by atoms with Crippen LogP contribution in [-0.4, -0.2) is 13.0 Å². The van der Waals surface area contributed by atoms with E-state index in [1.807, 2.05) is 0 Å². The third kappa shape index (κ3) is 2.03. The average molecular weight is 261 g/mol. The number of nitrogens with two attached hydrogens (primary N) is 1. The molecule has 5 heteroatoms. The van der Waals surface area contributed by atoms with Crippen LogP contribution in [0.1, 0.15) is 41.6 Å². The topological polar surface area (TPSA) is 78.9 Å². The fraction of sp³-hybridized carbons (Fsp3) is 0.429. The molecule has 2 rings (SSSR count). The van der Waals surface area contributed by atoms with Crippen LogP contribution in [0.4, 0.5) is 10.1 Å². The number of halogens is 1. The number of rotatable bonds is 2. The minimum atomic E-state index is -0.738. The fourth-order valence-corrected chi connectivity index (χ4v) is 2.74. The highest BCUT2D eigenvalue weighted by atomic mass is 19.1. The number of nitrogen functional groups attached to an aromatic ring is 1. The van der Waals surface area contributed by atoms with Gasteiger partial charge in [0.15, 0.2) is 5.82 Å². The van der Waals surface area contributed by atoms with Crippen molar-refractivity contribution in [1.82, 2.24) is 5.32 Å². The summed E-state index contributed by atoms with van der Waals surface area (Å²) in [7, 11) is 1.43. The van der Waals surface area contributed by atoms with E-state index in [0.29, 0.717) is 18.4 Å². The maximum atomic E-state index is 14.2. The summed E-state index contributed by atoms with van der Waals surface area (Å²) in [6, 6.07) is 5.29. The van der Waals surface area contributed by atoms with Gasteiger partial charge in [0.2, 0.25) is 0 Å². The molecule has 1 fully saturated rings. The van der Waals surface area contributed by atoms with Gasteiger partial charge in [0.05, 0.1) is 22.7 Å². The maximum absolute atomic E-state index is 14.2. The number of anilines is 1. The monoisotopic (exact) mass is 261 g/mol. The van der Waals surface area contributed by atoms with Crippen molar-refractivity contribution in [1.29, 1.82) is 5.26 Å². The summed E-state index contributed by atoms with van der Waals surface area (Å²) in [4.78, 5) is 11.5. The Morgan fingerprint density at radius 3 is 2.63 bits per heavy atom. The highest BCUT2D eigenvalue weighted by molar-refractivity contribution is 5.95. The lowest BCUT2D eigenvalue weighted by molar-refractivity contribution is 0.0959. The molecule has 0 unspecified atom stereocenters. The van der Waals surface area contributed by atoms with Gasteiger partial charge in [-0.1, -0.05) is 18.9 Å². The molecule has 1 aliphatic rings. The first kappa shape index (κ1) is 13.3. The highest BCUT2D eigenvalue weighted by Crippen LogP contribution is 2.43. The van der Waals surface area contributed by atoms with E-state index in [1.54, 1.807) is 6.07 Å². The first-order valence-electron chi connectivity index (χ1n) is 6.27. The van der Waals surface area contributed by atoms with Gasteiger partial charge in [0.25, 0.3) is 5.91 Å². The van der Waals surface area contributed by atoms with E-state index >= 15 is 0 Å². The van der Waals surface area contributed by atoms with Crippen molar-refractivity contribution in [2.45, 2.75) is 31.1 Å². The molecule has 0 aromatic heterocycles. The summed E-state index contributed by atoms with van der Waals surface area (Å²) in [6.07, 6.45) is 3.25. The number of nitrogens with one attached hydrogen (secondary N) is 1. The zero-order valence-electron chi connectivity index (χ0n) is 10.8. The molecule has 0 heterocycles. The smallest absolute Gasteiger partial charge is 0.254 e. The van der Waals surface area contributed by atoms with Gasteiger partial charge in [0, 0.05) is 7.05 Å². The Morgan fingerprint density at radius 1 is 1.47 bits per heavy atom. The Kier molecular flexibility index (Phi) is 3.43. The molecule has 1 amide bonds. The van der Waals surface area contributed by atoms with Crippen molar-refractivity contribution >= 4 is 11.6 Å². The average Bonchev–Trinajstić information content (AvgIpc) is 2.90. The van der Waals surface area contributed by atoms with Crippen molar-refractivity contribution < 1.29 is 9.18 Å². The molecular weight excluding hydrogens is 245 g/mol. The number of hydrogen-bond acceptors (Lipinski definition) is 3. The van der Waals surface area contributed by atoms with Gasteiger partial charge in [-0.3, -0.25) is 4.79 Å². The Bertz CT molecular complexity index is 557. The molecule has 0 saturated heterocycles. The van der Waals surface area contributed by atoms with Crippen molar-refractivity contribution in [3.05, 3.63) is 29.1 Å². The molecule has 0 aliphatic heterocycles. The number of carbonyl (C=O) groups excluding carboxylic acids is 1. The van der Waals surface area contributed by atoms with Gasteiger partial charge in [-0.2, -0.15) is 5.26 Å². The highest BCUT2D eigenvalue weighted by Gasteiger charge is 2.38. The lowest BCUT2D eigenvalue weighted by atomic mass is 9.79. The van der Waals surface area contributed by atoms with Gasteiger partial charge in [-0.05, 0) is 24.5 Å². The van der Waals surface area contributed by atoms with Gasteiger partial charge in [-0.15, -0.1) is 0 Å². The number of nitriles is 1. The lowest BCUT2D eigenvalue weighted by Gasteiger charge is -2.23. The van der Waals surface area contributed by atoms with Crippen molar-refractivity contribution in [2.24, 2.45) is 0 Å². The molecule has 3 N–H and O–H groups in total. The van der Waals surface area contributed by atoms with E-state index in [-0.39, 0.29) is 11.3 Å². The Morgan fingerprint density at radius 2 is 2.11 bits per heavy atom. The number of nitrogens with zero attached hydrogens (tertiary/aromatic N) is 1. The van der Waals surface area contributed by atoms with Crippen molar-refractivity contribution in [3.8, 4) is 6.07 Å². The van der Waals surface area contributed by atoms with Gasteiger partial charge < -0.3 is 11.1 Å². The van der Waals surface area contributed by atoms with Crippen LogP contribution in [0.25, 0.3) is 0 Å². The van der Waals surface area contributed by atoms with Gasteiger partial charge in [-0.25, -0.2) is 4.39 Å². The predicted molar refractivity (Wildman–Crippen MR) is 70.0 cm³/mol. The zero-order chi connectivity index (χ0) is 14.0. The first-order chi connectivity index (χ1) is 9.05.